The summed E-state index contributed by atoms with van der Waals surface area (Å²) in [6.45, 7) is 16.1. The molecule has 0 bridgehead atoms. The van der Waals surface area contributed by atoms with Gasteiger partial charge in [0.15, 0.2) is 0 Å². The van der Waals surface area contributed by atoms with E-state index in [0.717, 1.165) is 70.9 Å². The normalized spacial score (nSPS) is 14.0. The van der Waals surface area contributed by atoms with E-state index in [2.05, 4.69) is 79.5 Å². The fourth-order valence-electron chi connectivity index (χ4n) is 14.3. The lowest BCUT2D eigenvalue weighted by Crippen LogP contribution is -2.25. The fourth-order valence-corrected chi connectivity index (χ4v) is 14.3. The van der Waals surface area contributed by atoms with E-state index in [9.17, 15) is 9.59 Å². The first kappa shape index (κ1) is 85.9. The number of carbonyl (C=O) groups is 2. The predicted octanol–water partition coefficient (Wildman–Crippen LogP) is 26.3. The van der Waals surface area contributed by atoms with Crippen LogP contribution in [-0.4, -0.2) is 75.2 Å². The van der Waals surface area contributed by atoms with Crippen molar-refractivity contribution >= 4 is 11.9 Å². The van der Waals surface area contributed by atoms with Gasteiger partial charge in [-0.25, -0.2) is 0 Å². The molecule has 0 N–H and O–H groups in total. The highest BCUT2D eigenvalue weighted by Crippen LogP contribution is 2.33. The highest BCUT2D eigenvalue weighted by atomic mass is 16.5. The summed E-state index contributed by atoms with van der Waals surface area (Å²) in [6, 6.07) is 0. The van der Waals surface area contributed by atoms with Crippen LogP contribution in [0.2, 0.25) is 0 Å². The summed E-state index contributed by atoms with van der Waals surface area (Å²) in [7, 11) is 8.55. The van der Waals surface area contributed by atoms with Crippen LogP contribution in [0, 0.1) is 23.7 Å². The van der Waals surface area contributed by atoms with E-state index in [1.54, 1.807) is 0 Å². The molecule has 6 nitrogen and oxygen atoms in total. The number of unbranched alkanes of at least 4 members (excludes halogenated alkanes) is 38. The molecule has 0 aromatic carbocycles. The van der Waals surface area contributed by atoms with Gasteiger partial charge in [-0.05, 0) is 116 Å². The summed E-state index contributed by atoms with van der Waals surface area (Å²) < 4.78 is 13.2. The van der Waals surface area contributed by atoms with Crippen molar-refractivity contribution in [3.8, 4) is 0 Å². The van der Waals surface area contributed by atoms with Gasteiger partial charge in [0.2, 0.25) is 0 Å². The molecular formula is C81H162N2O4. The van der Waals surface area contributed by atoms with Crippen LogP contribution in [0.15, 0.2) is 0 Å². The molecule has 6 atom stereocenters. The van der Waals surface area contributed by atoms with Crippen molar-refractivity contribution in [1.82, 2.24) is 9.80 Å². The Balaban J connectivity index is 5.28. The van der Waals surface area contributed by atoms with Crippen LogP contribution in [0.25, 0.3) is 0 Å². The van der Waals surface area contributed by atoms with Crippen LogP contribution in [0.1, 0.15) is 433 Å². The molecule has 0 aliphatic heterocycles. The van der Waals surface area contributed by atoms with Gasteiger partial charge in [0.1, 0.15) is 12.2 Å². The number of hydrogen-bond donors (Lipinski definition) is 0. The Morgan fingerprint density at radius 2 is 0.414 bits per heavy atom. The van der Waals surface area contributed by atoms with Crippen LogP contribution in [0.3, 0.4) is 0 Å². The quantitative estimate of drug-likeness (QED) is 0.0447. The maximum absolute atomic E-state index is 13.6. The Bertz CT molecular complexity index is 1370. The molecule has 520 valence electrons. The average molecular weight is 1230 g/mol. The lowest BCUT2D eigenvalue weighted by atomic mass is 9.84. The second kappa shape index (κ2) is 67.7. The van der Waals surface area contributed by atoms with Crippen LogP contribution >= 0.6 is 0 Å². The molecule has 0 saturated carbocycles. The third-order valence-corrected chi connectivity index (χ3v) is 20.0. The van der Waals surface area contributed by atoms with Crippen LogP contribution in [0.5, 0.6) is 0 Å². The molecule has 0 aliphatic rings. The van der Waals surface area contributed by atoms with Gasteiger partial charge >= 0.3 is 11.9 Å². The molecule has 0 amide bonds. The second-order valence-corrected chi connectivity index (χ2v) is 29.5. The maximum Gasteiger partial charge on any atom is 0.306 e. The molecule has 0 rings (SSSR count). The van der Waals surface area contributed by atoms with E-state index < -0.39 is 0 Å². The van der Waals surface area contributed by atoms with Gasteiger partial charge in [0.05, 0.1) is 0 Å². The number of carbonyl (C=O) groups excluding carboxylic acids is 2. The van der Waals surface area contributed by atoms with Gasteiger partial charge in [-0.15, -0.1) is 0 Å². The maximum atomic E-state index is 13.6. The van der Waals surface area contributed by atoms with E-state index in [1.807, 2.05) is 0 Å². The van der Waals surface area contributed by atoms with Gasteiger partial charge in [0.25, 0.3) is 0 Å². The zero-order valence-electron chi connectivity index (χ0n) is 61.5. The smallest absolute Gasteiger partial charge is 0.306 e. The summed E-state index contributed by atoms with van der Waals surface area (Å²) in [5.41, 5.74) is 0. The lowest BCUT2D eigenvalue weighted by Gasteiger charge is -2.28. The van der Waals surface area contributed by atoms with Crippen molar-refractivity contribution in [3.63, 3.8) is 0 Å². The van der Waals surface area contributed by atoms with E-state index in [0.29, 0.717) is 36.5 Å². The Kier molecular flexibility index (Phi) is 66.9. The number of esters is 2. The van der Waals surface area contributed by atoms with E-state index >= 15 is 0 Å². The average Bonchev–Trinajstić information content (AvgIpc) is 3.71. The molecule has 0 aliphatic carbocycles. The van der Waals surface area contributed by atoms with E-state index in [-0.39, 0.29) is 24.1 Å². The van der Waals surface area contributed by atoms with Crippen molar-refractivity contribution in [1.29, 1.82) is 0 Å². The minimum absolute atomic E-state index is 0.0693. The number of rotatable bonds is 72. The molecule has 0 aromatic heterocycles. The first-order valence-electron chi connectivity index (χ1n) is 40.2. The van der Waals surface area contributed by atoms with Crippen molar-refractivity contribution in [2.24, 2.45) is 23.7 Å². The zero-order valence-corrected chi connectivity index (χ0v) is 61.5. The Morgan fingerprint density at radius 3 is 0.632 bits per heavy atom. The molecule has 87 heavy (non-hydrogen) atoms. The van der Waals surface area contributed by atoms with Crippen LogP contribution in [0.4, 0.5) is 0 Å². The van der Waals surface area contributed by atoms with Crippen LogP contribution < -0.4 is 0 Å². The van der Waals surface area contributed by atoms with Gasteiger partial charge in [-0.1, -0.05) is 369 Å². The predicted molar refractivity (Wildman–Crippen MR) is 387 cm³/mol. The molecule has 6 heteroatoms. The SMILES string of the molecule is CCCCCCCCC(CCCCCC)CC(CC(CCCCCC)CCCCCCCCCCCCCCCCC(CCCCCC)CC(CC(CCCCCC)CCCCCCCC)OC(=O)CCCCN(C)C)OC(=O)CCCCCN(C)C. The standard InChI is InChI=1S/C81H162N2O4/c1-11-17-23-29-41-50-62-74(58-46-25-19-13-3)70-78(86-80(84)66-54-45-56-68-82(7)8)71-76(60-48-27-21-15-5)64-52-43-39-37-35-33-31-32-34-36-38-40-44-53-65-77(61-49-28-22-16-6)73-79(87-81(85)67-55-57-69-83(9)10)72-75(59-47-26-20-14-4)63-51-42-30-24-18-12-2/h74-79H,11-73H2,1-10H3. The summed E-state index contributed by atoms with van der Waals surface area (Å²) >= 11 is 0. The Labute approximate surface area is 548 Å². The summed E-state index contributed by atoms with van der Waals surface area (Å²) in [5.74, 6) is 2.89. The summed E-state index contributed by atoms with van der Waals surface area (Å²) in [4.78, 5) is 31.6. The molecule has 0 heterocycles. The minimum atomic E-state index is 0.0693. The largest absolute Gasteiger partial charge is 0.462 e. The van der Waals surface area contributed by atoms with Crippen LogP contribution in [-0.2, 0) is 19.1 Å². The minimum Gasteiger partial charge on any atom is -0.462 e. The van der Waals surface area contributed by atoms with Gasteiger partial charge in [0, 0.05) is 12.8 Å². The fraction of sp³-hybridized carbons (Fsp3) is 0.975. The third kappa shape index (κ3) is 62.1. The molecule has 6 unspecified atom stereocenters. The van der Waals surface area contributed by atoms with Crippen molar-refractivity contribution in [2.45, 2.75) is 445 Å². The zero-order chi connectivity index (χ0) is 63.7. The monoisotopic (exact) mass is 1230 g/mol. The highest BCUT2D eigenvalue weighted by molar-refractivity contribution is 5.69. The molecule has 0 saturated heterocycles. The van der Waals surface area contributed by atoms with Gasteiger partial charge < -0.3 is 19.3 Å². The van der Waals surface area contributed by atoms with Crippen molar-refractivity contribution in [3.05, 3.63) is 0 Å². The topological polar surface area (TPSA) is 59.1 Å². The van der Waals surface area contributed by atoms with Gasteiger partial charge in [-0.2, -0.15) is 0 Å². The van der Waals surface area contributed by atoms with Gasteiger partial charge in [-0.3, -0.25) is 9.59 Å². The Morgan fingerprint density at radius 1 is 0.241 bits per heavy atom. The first-order chi connectivity index (χ1) is 42.5. The first-order valence-corrected chi connectivity index (χ1v) is 40.2. The lowest BCUT2D eigenvalue weighted by molar-refractivity contribution is -0.152. The molecule has 0 radical (unpaired) electrons. The highest BCUT2D eigenvalue weighted by Gasteiger charge is 2.26. The van der Waals surface area contributed by atoms with E-state index in [1.165, 1.54) is 321 Å². The summed E-state index contributed by atoms with van der Waals surface area (Å²) in [6.07, 6.45) is 78.5. The molecule has 0 fully saturated rings. The van der Waals surface area contributed by atoms with Crippen molar-refractivity contribution < 1.29 is 19.1 Å². The van der Waals surface area contributed by atoms with Crippen molar-refractivity contribution in [2.75, 3.05) is 41.3 Å². The third-order valence-electron chi connectivity index (χ3n) is 20.0. The van der Waals surface area contributed by atoms with E-state index in [4.69, 9.17) is 9.47 Å². The number of ether oxygens (including phenoxy) is 2. The number of hydrogen-bond acceptors (Lipinski definition) is 6. The molecule has 0 spiro atoms. The second-order valence-electron chi connectivity index (χ2n) is 29.5. The molecule has 0 aromatic rings. The molecular weight excluding hydrogens is 1060 g/mol. The Hall–Kier alpha value is -1.14. The number of nitrogens with zero attached hydrogens (tertiary/aromatic N) is 2. The summed E-state index contributed by atoms with van der Waals surface area (Å²) in [5, 5.41) is 0.